The van der Waals surface area contributed by atoms with Crippen molar-refractivity contribution in [1.29, 1.82) is 0 Å². The number of primary amides is 1. The van der Waals surface area contributed by atoms with E-state index in [0.717, 1.165) is 0 Å². The first-order valence-electron chi connectivity index (χ1n) is 3.86. The zero-order chi connectivity index (χ0) is 10.1. The van der Waals surface area contributed by atoms with Crippen LogP contribution in [0.1, 0.15) is 29.9 Å². The summed E-state index contributed by atoms with van der Waals surface area (Å²) in [7, 11) is 0. The highest BCUT2D eigenvalue weighted by molar-refractivity contribution is 5.92. The molecule has 70 valence electrons. The van der Waals surface area contributed by atoms with Crippen LogP contribution < -0.4 is 5.73 Å². The molecule has 2 N–H and O–H groups in total. The number of nitrogens with zero attached hydrogens (tertiary/aromatic N) is 1. The highest BCUT2D eigenvalue weighted by Crippen LogP contribution is 2.22. The van der Waals surface area contributed by atoms with Crippen molar-refractivity contribution in [2.45, 2.75) is 19.5 Å². The van der Waals surface area contributed by atoms with Gasteiger partial charge < -0.3 is 5.73 Å². The maximum atomic E-state index is 13.4. The predicted molar refractivity (Wildman–Crippen MR) is 46.9 cm³/mol. The zero-order valence-electron chi connectivity index (χ0n) is 7.54. The predicted octanol–water partition coefficient (Wildman–Crippen LogP) is 1.39. The first kappa shape index (κ1) is 9.64. The molecular formula is C9H11FN2O. The van der Waals surface area contributed by atoms with E-state index in [4.69, 9.17) is 5.73 Å². The topological polar surface area (TPSA) is 56.0 Å². The maximum Gasteiger partial charge on any atom is 0.248 e. The Kier molecular flexibility index (Phi) is 2.32. The Labute approximate surface area is 75.8 Å². The number of amides is 1. The van der Waals surface area contributed by atoms with Gasteiger partial charge in [0.25, 0.3) is 0 Å². The van der Waals surface area contributed by atoms with Gasteiger partial charge in [-0.15, -0.1) is 0 Å². The van der Waals surface area contributed by atoms with E-state index in [1.54, 1.807) is 0 Å². The molecular weight excluding hydrogens is 171 g/mol. The quantitative estimate of drug-likeness (QED) is 0.751. The summed E-state index contributed by atoms with van der Waals surface area (Å²) in [5, 5.41) is 0. The fourth-order valence-electron chi connectivity index (χ4n) is 0.909. The fourth-order valence-corrected chi connectivity index (χ4v) is 0.909. The third-order valence-corrected chi connectivity index (χ3v) is 1.65. The smallest absolute Gasteiger partial charge is 0.248 e. The van der Waals surface area contributed by atoms with Crippen molar-refractivity contribution in [1.82, 2.24) is 4.98 Å². The minimum absolute atomic E-state index is 0.212. The molecule has 3 nitrogen and oxygen atoms in total. The summed E-state index contributed by atoms with van der Waals surface area (Å²) in [4.78, 5) is 14.6. The molecule has 1 aromatic rings. The van der Waals surface area contributed by atoms with E-state index >= 15 is 0 Å². The van der Waals surface area contributed by atoms with E-state index in [9.17, 15) is 9.18 Å². The van der Waals surface area contributed by atoms with Crippen LogP contribution in [0.4, 0.5) is 4.39 Å². The SMILES string of the molecule is CC(C)(F)c1cc(C(N)=O)ccn1. The van der Waals surface area contributed by atoms with Gasteiger partial charge in [-0.1, -0.05) is 0 Å². The molecule has 4 heteroatoms. The fraction of sp³-hybridized carbons (Fsp3) is 0.333. The second kappa shape index (κ2) is 3.12. The summed E-state index contributed by atoms with van der Waals surface area (Å²) in [5.41, 5.74) is 3.97. The van der Waals surface area contributed by atoms with Gasteiger partial charge in [0, 0.05) is 11.8 Å². The first-order valence-corrected chi connectivity index (χ1v) is 3.86. The van der Waals surface area contributed by atoms with Crippen LogP contribution in [0, 0.1) is 0 Å². The Hall–Kier alpha value is -1.45. The molecule has 13 heavy (non-hydrogen) atoms. The van der Waals surface area contributed by atoms with Gasteiger partial charge >= 0.3 is 0 Å². The number of carbonyl (C=O) groups is 1. The first-order chi connectivity index (χ1) is 5.91. The number of hydrogen-bond donors (Lipinski definition) is 1. The van der Waals surface area contributed by atoms with Crippen LogP contribution in [0.15, 0.2) is 18.3 Å². The Bertz CT molecular complexity index is 331. The zero-order valence-corrected chi connectivity index (χ0v) is 7.54. The molecule has 1 rings (SSSR count). The van der Waals surface area contributed by atoms with Crippen LogP contribution in [0.25, 0.3) is 0 Å². The van der Waals surface area contributed by atoms with Gasteiger partial charge in [0.1, 0.15) is 5.67 Å². The number of rotatable bonds is 2. The van der Waals surface area contributed by atoms with Gasteiger partial charge in [0.15, 0.2) is 0 Å². The van der Waals surface area contributed by atoms with Crippen molar-refractivity contribution in [3.63, 3.8) is 0 Å². The molecule has 1 heterocycles. The van der Waals surface area contributed by atoms with Crippen LogP contribution in [0.5, 0.6) is 0 Å². The average Bonchev–Trinajstić information content (AvgIpc) is 2.03. The van der Waals surface area contributed by atoms with E-state index in [0.29, 0.717) is 0 Å². The molecule has 0 saturated heterocycles. The summed E-state index contributed by atoms with van der Waals surface area (Å²) in [6.45, 7) is 2.75. The average molecular weight is 182 g/mol. The Balaban J connectivity index is 3.13. The van der Waals surface area contributed by atoms with Gasteiger partial charge in [0.2, 0.25) is 5.91 Å². The van der Waals surface area contributed by atoms with Crippen LogP contribution in [-0.4, -0.2) is 10.9 Å². The van der Waals surface area contributed by atoms with Gasteiger partial charge in [-0.05, 0) is 26.0 Å². The normalized spacial score (nSPS) is 11.3. The molecule has 0 unspecified atom stereocenters. The van der Waals surface area contributed by atoms with Crippen molar-refractivity contribution in [3.05, 3.63) is 29.6 Å². The lowest BCUT2D eigenvalue weighted by atomic mass is 10.0. The molecule has 0 aliphatic heterocycles. The van der Waals surface area contributed by atoms with E-state index in [1.807, 2.05) is 0 Å². The molecule has 0 fully saturated rings. The van der Waals surface area contributed by atoms with Crippen LogP contribution in [0.3, 0.4) is 0 Å². The van der Waals surface area contributed by atoms with Crippen LogP contribution >= 0.6 is 0 Å². The second-order valence-electron chi connectivity index (χ2n) is 3.27. The maximum absolute atomic E-state index is 13.4. The molecule has 0 saturated carbocycles. The number of alkyl halides is 1. The Morgan fingerprint density at radius 2 is 2.23 bits per heavy atom. The van der Waals surface area contributed by atoms with Gasteiger partial charge in [-0.2, -0.15) is 0 Å². The molecule has 0 aliphatic rings. The number of aromatic nitrogens is 1. The van der Waals surface area contributed by atoms with Crippen molar-refractivity contribution >= 4 is 5.91 Å². The van der Waals surface area contributed by atoms with E-state index in [2.05, 4.69) is 4.98 Å². The number of halogens is 1. The summed E-state index contributed by atoms with van der Waals surface area (Å²) < 4.78 is 13.4. The molecule has 0 atom stereocenters. The lowest BCUT2D eigenvalue weighted by Crippen LogP contribution is -2.16. The monoisotopic (exact) mass is 182 g/mol. The number of carbonyl (C=O) groups excluding carboxylic acids is 1. The summed E-state index contributed by atoms with van der Waals surface area (Å²) >= 11 is 0. The van der Waals surface area contributed by atoms with E-state index in [1.165, 1.54) is 32.2 Å². The van der Waals surface area contributed by atoms with Crippen molar-refractivity contribution < 1.29 is 9.18 Å². The molecule has 0 aliphatic carbocycles. The lowest BCUT2D eigenvalue weighted by Gasteiger charge is -2.13. The van der Waals surface area contributed by atoms with Crippen molar-refractivity contribution in [2.75, 3.05) is 0 Å². The van der Waals surface area contributed by atoms with E-state index in [-0.39, 0.29) is 11.3 Å². The second-order valence-corrected chi connectivity index (χ2v) is 3.27. The molecule has 0 radical (unpaired) electrons. The molecule has 1 aromatic heterocycles. The molecule has 0 bridgehead atoms. The third-order valence-electron chi connectivity index (χ3n) is 1.65. The highest BCUT2D eigenvalue weighted by Gasteiger charge is 2.21. The molecule has 0 aromatic carbocycles. The van der Waals surface area contributed by atoms with Gasteiger partial charge in [-0.25, -0.2) is 4.39 Å². The summed E-state index contributed by atoms with van der Waals surface area (Å²) in [6.07, 6.45) is 1.37. The van der Waals surface area contributed by atoms with Crippen LogP contribution in [0.2, 0.25) is 0 Å². The standard InChI is InChI=1S/C9H11FN2O/c1-9(2,10)7-5-6(8(11)13)3-4-12-7/h3-5H,1-2H3,(H2,11,13). The molecule has 1 amide bonds. The largest absolute Gasteiger partial charge is 0.366 e. The number of hydrogen-bond acceptors (Lipinski definition) is 2. The minimum atomic E-state index is -1.55. The summed E-state index contributed by atoms with van der Waals surface area (Å²) in [6, 6.07) is 2.82. The molecule has 0 spiro atoms. The highest BCUT2D eigenvalue weighted by atomic mass is 19.1. The summed E-state index contributed by atoms with van der Waals surface area (Å²) in [5.74, 6) is -0.576. The van der Waals surface area contributed by atoms with Crippen molar-refractivity contribution in [2.24, 2.45) is 5.73 Å². The minimum Gasteiger partial charge on any atom is -0.366 e. The third kappa shape index (κ3) is 2.24. The lowest BCUT2D eigenvalue weighted by molar-refractivity contribution is 0.1000. The van der Waals surface area contributed by atoms with Crippen LogP contribution in [-0.2, 0) is 5.67 Å². The number of pyridine rings is 1. The van der Waals surface area contributed by atoms with Gasteiger partial charge in [-0.3, -0.25) is 9.78 Å². The van der Waals surface area contributed by atoms with E-state index < -0.39 is 11.6 Å². The van der Waals surface area contributed by atoms with Gasteiger partial charge in [0.05, 0.1) is 5.69 Å². The van der Waals surface area contributed by atoms with Crippen molar-refractivity contribution in [3.8, 4) is 0 Å². The Morgan fingerprint density at radius 1 is 1.62 bits per heavy atom. The Morgan fingerprint density at radius 3 is 2.69 bits per heavy atom. The number of nitrogens with two attached hydrogens (primary N) is 1.